The van der Waals surface area contributed by atoms with Crippen LogP contribution in [0.15, 0.2) is 42.6 Å². The summed E-state index contributed by atoms with van der Waals surface area (Å²) >= 11 is 0. The molecule has 24 heavy (non-hydrogen) atoms. The van der Waals surface area contributed by atoms with E-state index in [1.54, 1.807) is 42.6 Å². The third-order valence-electron chi connectivity index (χ3n) is 3.29. The Morgan fingerprint density at radius 2 is 1.96 bits per heavy atom. The molecule has 0 radical (unpaired) electrons. The lowest BCUT2D eigenvalue weighted by atomic mass is 10.1. The highest BCUT2D eigenvalue weighted by Gasteiger charge is 2.14. The molecule has 0 aliphatic rings. The van der Waals surface area contributed by atoms with Crippen molar-refractivity contribution in [1.82, 2.24) is 4.98 Å². The fraction of sp³-hybridized carbons (Fsp3) is 0.278. The summed E-state index contributed by atoms with van der Waals surface area (Å²) in [6.07, 6.45) is 1.57. The smallest absolute Gasteiger partial charge is 0.339 e. The van der Waals surface area contributed by atoms with Crippen molar-refractivity contribution in [3.05, 3.63) is 53.7 Å². The summed E-state index contributed by atoms with van der Waals surface area (Å²) < 4.78 is 4.73. The fourth-order valence-corrected chi connectivity index (χ4v) is 2.05. The summed E-state index contributed by atoms with van der Waals surface area (Å²) in [5.74, 6) is 0.287. The number of benzene rings is 1. The number of hydrogen-bond donors (Lipinski definition) is 2. The molecule has 2 rings (SSSR count). The summed E-state index contributed by atoms with van der Waals surface area (Å²) in [6, 6.07) is 10.0. The first kappa shape index (κ1) is 17.5. The van der Waals surface area contributed by atoms with Crippen molar-refractivity contribution < 1.29 is 14.3 Å². The third-order valence-corrected chi connectivity index (χ3v) is 3.29. The van der Waals surface area contributed by atoms with Crippen LogP contribution in [0.2, 0.25) is 0 Å². The molecule has 0 unspecified atom stereocenters. The van der Waals surface area contributed by atoms with Gasteiger partial charge in [0.25, 0.3) is 5.91 Å². The Hall–Kier alpha value is -2.89. The lowest BCUT2D eigenvalue weighted by Crippen LogP contribution is -2.16. The molecule has 0 saturated heterocycles. The van der Waals surface area contributed by atoms with Gasteiger partial charge in [-0.1, -0.05) is 26.0 Å². The van der Waals surface area contributed by atoms with E-state index in [2.05, 4.69) is 29.5 Å². The highest BCUT2D eigenvalue weighted by molar-refractivity contribution is 6.08. The number of anilines is 2. The van der Waals surface area contributed by atoms with Crippen LogP contribution in [-0.4, -0.2) is 30.5 Å². The number of methoxy groups -OCH3 is 1. The summed E-state index contributed by atoms with van der Waals surface area (Å²) in [5.41, 5.74) is 1.17. The van der Waals surface area contributed by atoms with E-state index in [0.717, 1.165) is 6.54 Å². The minimum absolute atomic E-state index is 0.306. The van der Waals surface area contributed by atoms with Gasteiger partial charge in [0.15, 0.2) is 0 Å². The zero-order valence-electron chi connectivity index (χ0n) is 14.0. The molecule has 1 amide bonds. The quantitative estimate of drug-likeness (QED) is 0.797. The second kappa shape index (κ2) is 8.10. The minimum atomic E-state index is -0.500. The predicted molar refractivity (Wildman–Crippen MR) is 93.3 cm³/mol. The van der Waals surface area contributed by atoms with Crippen LogP contribution in [0, 0.1) is 5.92 Å². The van der Waals surface area contributed by atoms with Crippen LogP contribution in [0.5, 0.6) is 0 Å². The molecule has 0 spiro atoms. The second-order valence-electron chi connectivity index (χ2n) is 5.70. The normalized spacial score (nSPS) is 10.3. The number of carbonyl (C=O) groups is 2. The molecule has 6 nitrogen and oxygen atoms in total. The molecular formula is C18H21N3O3. The van der Waals surface area contributed by atoms with Gasteiger partial charge in [0.05, 0.1) is 18.4 Å². The van der Waals surface area contributed by atoms with Crippen molar-refractivity contribution >= 4 is 23.4 Å². The minimum Gasteiger partial charge on any atom is -0.465 e. The molecule has 2 N–H and O–H groups in total. The van der Waals surface area contributed by atoms with E-state index in [4.69, 9.17) is 4.74 Å². The van der Waals surface area contributed by atoms with Crippen LogP contribution >= 0.6 is 0 Å². The van der Waals surface area contributed by atoms with Crippen molar-refractivity contribution in [2.24, 2.45) is 5.92 Å². The first-order valence-corrected chi connectivity index (χ1v) is 7.70. The van der Waals surface area contributed by atoms with Crippen LogP contribution in [0.25, 0.3) is 0 Å². The zero-order valence-corrected chi connectivity index (χ0v) is 14.0. The summed E-state index contributed by atoms with van der Waals surface area (Å²) in [5, 5.41) is 5.92. The molecule has 126 valence electrons. The van der Waals surface area contributed by atoms with Crippen molar-refractivity contribution in [2.75, 3.05) is 24.3 Å². The Morgan fingerprint density at radius 1 is 1.21 bits per heavy atom. The highest BCUT2D eigenvalue weighted by atomic mass is 16.5. The van der Waals surface area contributed by atoms with Crippen molar-refractivity contribution in [2.45, 2.75) is 13.8 Å². The summed E-state index contributed by atoms with van der Waals surface area (Å²) in [6.45, 7) is 4.95. The standard InChI is InChI=1S/C18H21N3O3/c1-12(2)11-20-16-10-13(8-9-19-16)17(22)21-15-7-5-4-6-14(15)18(23)24-3/h4-10,12H,11H2,1-3H3,(H,19,20)(H,21,22). The number of nitrogens with one attached hydrogen (secondary N) is 2. The molecule has 0 saturated carbocycles. The predicted octanol–water partition coefficient (Wildman–Crippen LogP) is 3.19. The second-order valence-corrected chi connectivity index (χ2v) is 5.70. The topological polar surface area (TPSA) is 80.3 Å². The SMILES string of the molecule is COC(=O)c1ccccc1NC(=O)c1ccnc(NCC(C)C)c1. The number of ether oxygens (including phenoxy) is 1. The van der Waals surface area contributed by atoms with Crippen LogP contribution < -0.4 is 10.6 Å². The number of hydrogen-bond acceptors (Lipinski definition) is 5. The first-order valence-electron chi connectivity index (χ1n) is 7.70. The number of aromatic nitrogens is 1. The molecule has 1 heterocycles. The average Bonchev–Trinajstić information content (AvgIpc) is 2.60. The van der Waals surface area contributed by atoms with Crippen molar-refractivity contribution in [1.29, 1.82) is 0 Å². The van der Waals surface area contributed by atoms with Gasteiger partial charge in [-0.25, -0.2) is 9.78 Å². The molecule has 0 aliphatic carbocycles. The van der Waals surface area contributed by atoms with Gasteiger partial charge in [0, 0.05) is 18.3 Å². The van der Waals surface area contributed by atoms with Gasteiger partial charge in [0.2, 0.25) is 0 Å². The molecule has 0 atom stereocenters. The third kappa shape index (κ3) is 4.55. The monoisotopic (exact) mass is 327 g/mol. The van der Waals surface area contributed by atoms with Crippen molar-refractivity contribution in [3.63, 3.8) is 0 Å². The van der Waals surface area contributed by atoms with Crippen LogP contribution in [0.3, 0.4) is 0 Å². The van der Waals surface area contributed by atoms with Gasteiger partial charge in [-0.2, -0.15) is 0 Å². The Kier molecular flexibility index (Phi) is 5.89. The van der Waals surface area contributed by atoms with Crippen LogP contribution in [0.1, 0.15) is 34.6 Å². The fourth-order valence-electron chi connectivity index (χ4n) is 2.05. The molecular weight excluding hydrogens is 306 g/mol. The highest BCUT2D eigenvalue weighted by Crippen LogP contribution is 2.18. The van der Waals surface area contributed by atoms with Gasteiger partial charge in [-0.3, -0.25) is 4.79 Å². The van der Waals surface area contributed by atoms with Gasteiger partial charge >= 0.3 is 5.97 Å². The van der Waals surface area contributed by atoms with Crippen molar-refractivity contribution in [3.8, 4) is 0 Å². The summed E-state index contributed by atoms with van der Waals surface area (Å²) in [7, 11) is 1.30. The van der Waals surface area contributed by atoms with Gasteiger partial charge in [0.1, 0.15) is 5.82 Å². The molecule has 0 aliphatic heterocycles. The maximum absolute atomic E-state index is 12.4. The number of amides is 1. The average molecular weight is 327 g/mol. The molecule has 0 bridgehead atoms. The number of rotatable bonds is 6. The van der Waals surface area contributed by atoms with E-state index in [1.165, 1.54) is 7.11 Å². The molecule has 0 fully saturated rings. The van der Waals surface area contributed by atoms with Gasteiger partial charge in [-0.15, -0.1) is 0 Å². The number of para-hydroxylation sites is 1. The van der Waals surface area contributed by atoms with E-state index < -0.39 is 5.97 Å². The largest absolute Gasteiger partial charge is 0.465 e. The van der Waals surface area contributed by atoms with Gasteiger partial charge in [-0.05, 0) is 30.2 Å². The van der Waals surface area contributed by atoms with E-state index in [1.807, 2.05) is 0 Å². The molecule has 2 aromatic rings. The molecule has 1 aromatic heterocycles. The van der Waals surface area contributed by atoms with Crippen LogP contribution in [0.4, 0.5) is 11.5 Å². The van der Waals surface area contributed by atoms with E-state index in [-0.39, 0.29) is 5.91 Å². The van der Waals surface area contributed by atoms with E-state index in [9.17, 15) is 9.59 Å². The lowest BCUT2D eigenvalue weighted by molar-refractivity contribution is 0.0602. The Bertz CT molecular complexity index is 729. The molecule has 6 heteroatoms. The maximum Gasteiger partial charge on any atom is 0.339 e. The number of pyridine rings is 1. The molecule has 1 aromatic carbocycles. The Balaban J connectivity index is 2.16. The number of esters is 1. The Morgan fingerprint density at radius 3 is 2.67 bits per heavy atom. The maximum atomic E-state index is 12.4. The number of nitrogens with zero attached hydrogens (tertiary/aromatic N) is 1. The Labute approximate surface area is 141 Å². The first-order chi connectivity index (χ1) is 11.5. The van der Waals surface area contributed by atoms with Crippen LogP contribution in [-0.2, 0) is 4.74 Å². The zero-order chi connectivity index (χ0) is 17.5. The number of carbonyl (C=O) groups excluding carboxylic acids is 2. The van der Waals surface area contributed by atoms with E-state index >= 15 is 0 Å². The summed E-state index contributed by atoms with van der Waals surface area (Å²) in [4.78, 5) is 28.4. The van der Waals surface area contributed by atoms with Gasteiger partial charge < -0.3 is 15.4 Å². The van der Waals surface area contributed by atoms with E-state index in [0.29, 0.717) is 28.6 Å². The lowest BCUT2D eigenvalue weighted by Gasteiger charge is -2.11.